The highest BCUT2D eigenvalue weighted by Gasteiger charge is 2.14. The number of phenolic OH excluding ortho intramolecular Hbond substituents is 1. The third-order valence-corrected chi connectivity index (χ3v) is 3.58. The fraction of sp³-hybridized carbons (Fsp3) is 0.250. The van der Waals surface area contributed by atoms with E-state index in [-0.39, 0.29) is 23.7 Å². The standard InChI is InChI=1S/C16H17ClFNO/c1-10(12-3-5-13(17)6-4-12)19-11(2)15-9-14(18)7-8-16(15)20/h3-11,19-20H,1-2H3/t10-,11?/m1/s1. The van der Waals surface area contributed by atoms with Crippen LogP contribution in [0.5, 0.6) is 5.75 Å². The molecule has 0 radical (unpaired) electrons. The summed E-state index contributed by atoms with van der Waals surface area (Å²) in [6.45, 7) is 3.90. The summed E-state index contributed by atoms with van der Waals surface area (Å²) >= 11 is 5.86. The summed E-state index contributed by atoms with van der Waals surface area (Å²) in [4.78, 5) is 0. The molecule has 2 aromatic carbocycles. The first-order chi connectivity index (χ1) is 9.47. The quantitative estimate of drug-likeness (QED) is 0.863. The van der Waals surface area contributed by atoms with E-state index in [2.05, 4.69) is 5.32 Å². The molecule has 0 saturated heterocycles. The van der Waals surface area contributed by atoms with E-state index < -0.39 is 0 Å². The maximum Gasteiger partial charge on any atom is 0.123 e. The van der Waals surface area contributed by atoms with Crippen molar-refractivity contribution in [3.8, 4) is 5.75 Å². The molecule has 0 aromatic heterocycles. The summed E-state index contributed by atoms with van der Waals surface area (Å²) in [6.07, 6.45) is 0. The van der Waals surface area contributed by atoms with Crippen molar-refractivity contribution in [1.82, 2.24) is 5.32 Å². The Morgan fingerprint density at radius 3 is 2.35 bits per heavy atom. The van der Waals surface area contributed by atoms with Crippen molar-refractivity contribution in [2.24, 2.45) is 0 Å². The lowest BCUT2D eigenvalue weighted by atomic mass is 10.0. The zero-order chi connectivity index (χ0) is 14.7. The minimum Gasteiger partial charge on any atom is -0.508 e. The number of rotatable bonds is 4. The van der Waals surface area contributed by atoms with E-state index in [4.69, 9.17) is 11.6 Å². The highest BCUT2D eigenvalue weighted by Crippen LogP contribution is 2.27. The normalized spacial score (nSPS) is 14.0. The molecule has 0 aliphatic heterocycles. The first kappa shape index (κ1) is 14.8. The lowest BCUT2D eigenvalue weighted by Gasteiger charge is -2.21. The van der Waals surface area contributed by atoms with Crippen molar-refractivity contribution >= 4 is 11.6 Å². The van der Waals surface area contributed by atoms with Crippen LogP contribution in [0.25, 0.3) is 0 Å². The third kappa shape index (κ3) is 3.50. The van der Waals surface area contributed by atoms with Crippen molar-refractivity contribution in [2.45, 2.75) is 25.9 Å². The number of halogens is 2. The minimum absolute atomic E-state index is 0.0601. The zero-order valence-corrected chi connectivity index (χ0v) is 12.2. The van der Waals surface area contributed by atoms with Crippen molar-refractivity contribution in [1.29, 1.82) is 0 Å². The van der Waals surface area contributed by atoms with Gasteiger partial charge in [-0.25, -0.2) is 4.39 Å². The number of hydrogen-bond donors (Lipinski definition) is 2. The van der Waals surface area contributed by atoms with Crippen LogP contribution in [-0.4, -0.2) is 5.11 Å². The molecule has 106 valence electrons. The summed E-state index contributed by atoms with van der Waals surface area (Å²) in [5.74, 6) is -0.264. The molecule has 1 unspecified atom stereocenters. The molecule has 2 aromatic rings. The monoisotopic (exact) mass is 293 g/mol. The second-order valence-corrected chi connectivity index (χ2v) is 5.30. The molecule has 2 atom stereocenters. The summed E-state index contributed by atoms with van der Waals surface area (Å²) in [5.41, 5.74) is 1.63. The average Bonchev–Trinajstić information content (AvgIpc) is 2.42. The molecule has 2 N–H and O–H groups in total. The molecule has 0 bridgehead atoms. The lowest BCUT2D eigenvalue weighted by Crippen LogP contribution is -2.22. The topological polar surface area (TPSA) is 32.3 Å². The van der Waals surface area contributed by atoms with Gasteiger partial charge in [-0.3, -0.25) is 0 Å². The Morgan fingerprint density at radius 2 is 1.70 bits per heavy atom. The number of benzene rings is 2. The first-order valence-electron chi connectivity index (χ1n) is 6.47. The van der Waals surface area contributed by atoms with E-state index in [1.807, 2.05) is 38.1 Å². The van der Waals surface area contributed by atoms with Gasteiger partial charge in [-0.2, -0.15) is 0 Å². The Kier molecular flexibility index (Phi) is 4.63. The number of hydrogen-bond acceptors (Lipinski definition) is 2. The lowest BCUT2D eigenvalue weighted by molar-refractivity contribution is 0.435. The maximum absolute atomic E-state index is 13.3. The third-order valence-electron chi connectivity index (χ3n) is 3.33. The summed E-state index contributed by atoms with van der Waals surface area (Å²) in [6, 6.07) is 11.4. The second kappa shape index (κ2) is 6.25. The van der Waals surface area contributed by atoms with Crippen LogP contribution < -0.4 is 5.32 Å². The zero-order valence-electron chi connectivity index (χ0n) is 11.4. The van der Waals surface area contributed by atoms with E-state index in [1.165, 1.54) is 18.2 Å². The Morgan fingerprint density at radius 1 is 1.05 bits per heavy atom. The van der Waals surface area contributed by atoms with E-state index in [0.717, 1.165) is 5.56 Å². The number of nitrogens with one attached hydrogen (secondary N) is 1. The van der Waals surface area contributed by atoms with Crippen molar-refractivity contribution in [2.75, 3.05) is 0 Å². The maximum atomic E-state index is 13.3. The Bertz CT molecular complexity index is 586. The van der Waals surface area contributed by atoms with Gasteiger partial charge in [-0.15, -0.1) is 0 Å². The summed E-state index contributed by atoms with van der Waals surface area (Å²) in [7, 11) is 0. The smallest absolute Gasteiger partial charge is 0.123 e. The largest absolute Gasteiger partial charge is 0.508 e. The van der Waals surface area contributed by atoms with Gasteiger partial charge in [0.2, 0.25) is 0 Å². The van der Waals surface area contributed by atoms with Crippen LogP contribution in [0.1, 0.15) is 37.1 Å². The van der Waals surface area contributed by atoms with Crippen molar-refractivity contribution < 1.29 is 9.50 Å². The second-order valence-electron chi connectivity index (χ2n) is 4.86. The van der Waals surface area contributed by atoms with Crippen LogP contribution in [0.4, 0.5) is 4.39 Å². The summed E-state index contributed by atoms with van der Waals surface area (Å²) < 4.78 is 13.3. The Hall–Kier alpha value is -1.58. The van der Waals surface area contributed by atoms with Gasteiger partial charge in [0.15, 0.2) is 0 Å². The summed E-state index contributed by atoms with van der Waals surface area (Å²) in [5, 5.41) is 13.8. The van der Waals surface area contributed by atoms with Gasteiger partial charge in [0.25, 0.3) is 0 Å². The highest BCUT2D eigenvalue weighted by atomic mass is 35.5. The SMILES string of the molecule is CC(N[C@H](C)c1ccc(Cl)cc1)c1cc(F)ccc1O. The van der Waals surface area contributed by atoms with Gasteiger partial charge in [0.05, 0.1) is 0 Å². The van der Waals surface area contributed by atoms with Crippen LogP contribution in [0.2, 0.25) is 5.02 Å². The Balaban J connectivity index is 2.12. The van der Waals surface area contributed by atoms with Crippen molar-refractivity contribution in [3.05, 3.63) is 64.4 Å². The van der Waals surface area contributed by atoms with Crippen LogP contribution in [0.15, 0.2) is 42.5 Å². The molecule has 0 spiro atoms. The van der Waals surface area contributed by atoms with Crippen LogP contribution >= 0.6 is 11.6 Å². The molecule has 0 aliphatic rings. The molecule has 0 saturated carbocycles. The number of phenols is 1. The van der Waals surface area contributed by atoms with E-state index in [1.54, 1.807) is 0 Å². The molecule has 0 heterocycles. The molecule has 0 fully saturated rings. The molecule has 20 heavy (non-hydrogen) atoms. The fourth-order valence-corrected chi connectivity index (χ4v) is 2.31. The average molecular weight is 294 g/mol. The number of aromatic hydroxyl groups is 1. The predicted octanol–water partition coefficient (Wildman–Crippen LogP) is 4.60. The molecule has 0 aliphatic carbocycles. The van der Waals surface area contributed by atoms with E-state index >= 15 is 0 Å². The van der Waals surface area contributed by atoms with Crippen molar-refractivity contribution in [3.63, 3.8) is 0 Å². The van der Waals surface area contributed by atoms with Gasteiger partial charge in [-0.05, 0) is 49.7 Å². The molecule has 2 rings (SSSR count). The van der Waals surface area contributed by atoms with Crippen LogP contribution in [0, 0.1) is 5.82 Å². The Labute approximate surface area is 123 Å². The molecule has 2 nitrogen and oxygen atoms in total. The first-order valence-corrected chi connectivity index (χ1v) is 6.85. The van der Waals surface area contributed by atoms with Gasteiger partial charge in [-0.1, -0.05) is 23.7 Å². The van der Waals surface area contributed by atoms with Gasteiger partial charge in [0, 0.05) is 22.7 Å². The minimum atomic E-state index is -0.356. The highest BCUT2D eigenvalue weighted by molar-refractivity contribution is 6.30. The molecule has 0 amide bonds. The van der Waals surface area contributed by atoms with Gasteiger partial charge < -0.3 is 10.4 Å². The predicted molar refractivity (Wildman–Crippen MR) is 79.5 cm³/mol. The van der Waals surface area contributed by atoms with Crippen LogP contribution in [-0.2, 0) is 0 Å². The van der Waals surface area contributed by atoms with E-state index in [0.29, 0.717) is 10.6 Å². The molecular formula is C16H17ClFNO. The van der Waals surface area contributed by atoms with Gasteiger partial charge in [0.1, 0.15) is 11.6 Å². The molecule has 4 heteroatoms. The molecular weight excluding hydrogens is 277 g/mol. The fourth-order valence-electron chi connectivity index (χ4n) is 2.18. The van der Waals surface area contributed by atoms with E-state index in [9.17, 15) is 9.50 Å². The van der Waals surface area contributed by atoms with Crippen LogP contribution in [0.3, 0.4) is 0 Å². The van der Waals surface area contributed by atoms with Gasteiger partial charge >= 0.3 is 0 Å².